The molecule has 0 fully saturated rings. The van der Waals surface area contributed by atoms with E-state index in [0.29, 0.717) is 18.7 Å². The predicted octanol–water partition coefficient (Wildman–Crippen LogP) is 2.12. The van der Waals surface area contributed by atoms with Crippen molar-refractivity contribution >= 4 is 11.9 Å². The molecule has 1 N–H and O–H groups in total. The number of carbonyl (C=O) groups is 2. The zero-order valence-electron chi connectivity index (χ0n) is 12.4. The van der Waals surface area contributed by atoms with Crippen LogP contribution in [-0.4, -0.2) is 23.5 Å². The standard InChI is InChI=1S/C17H18N2O3/c1-2-22-17(21)15-5-3-13(4-6-15)11-16(20)19-12-14-7-9-18-10-8-14/h3-10H,2,11-12H2,1H3,(H,19,20). The molecule has 0 unspecified atom stereocenters. The van der Waals surface area contributed by atoms with Gasteiger partial charge < -0.3 is 10.1 Å². The number of hydrogen-bond donors (Lipinski definition) is 1. The quantitative estimate of drug-likeness (QED) is 0.829. The van der Waals surface area contributed by atoms with Gasteiger partial charge in [-0.1, -0.05) is 12.1 Å². The van der Waals surface area contributed by atoms with E-state index in [1.807, 2.05) is 12.1 Å². The van der Waals surface area contributed by atoms with Crippen molar-refractivity contribution in [1.82, 2.24) is 10.3 Å². The fourth-order valence-electron chi connectivity index (χ4n) is 1.92. The van der Waals surface area contributed by atoms with Crippen LogP contribution in [0.3, 0.4) is 0 Å². The molecule has 2 aromatic rings. The molecular formula is C17H18N2O3. The van der Waals surface area contributed by atoms with Gasteiger partial charge in [-0.05, 0) is 42.3 Å². The van der Waals surface area contributed by atoms with Crippen LogP contribution in [0, 0.1) is 0 Å². The van der Waals surface area contributed by atoms with Gasteiger partial charge in [0.15, 0.2) is 0 Å². The molecule has 0 bridgehead atoms. The van der Waals surface area contributed by atoms with E-state index in [2.05, 4.69) is 10.3 Å². The molecule has 0 saturated heterocycles. The van der Waals surface area contributed by atoms with Crippen LogP contribution >= 0.6 is 0 Å². The minimum absolute atomic E-state index is 0.0688. The first-order valence-corrected chi connectivity index (χ1v) is 7.10. The van der Waals surface area contributed by atoms with E-state index < -0.39 is 0 Å². The van der Waals surface area contributed by atoms with Gasteiger partial charge in [-0.25, -0.2) is 4.79 Å². The van der Waals surface area contributed by atoms with E-state index >= 15 is 0 Å². The highest BCUT2D eigenvalue weighted by atomic mass is 16.5. The first-order valence-electron chi connectivity index (χ1n) is 7.10. The molecule has 0 aliphatic heterocycles. The molecule has 2 rings (SSSR count). The molecular weight excluding hydrogens is 280 g/mol. The molecule has 22 heavy (non-hydrogen) atoms. The van der Waals surface area contributed by atoms with Crippen LogP contribution in [0.5, 0.6) is 0 Å². The first-order chi connectivity index (χ1) is 10.7. The Hall–Kier alpha value is -2.69. The summed E-state index contributed by atoms with van der Waals surface area (Å²) < 4.78 is 4.91. The molecule has 1 amide bonds. The van der Waals surface area contributed by atoms with Gasteiger partial charge in [-0.15, -0.1) is 0 Å². The van der Waals surface area contributed by atoms with Crippen molar-refractivity contribution in [3.05, 3.63) is 65.5 Å². The van der Waals surface area contributed by atoms with E-state index in [1.165, 1.54) is 0 Å². The number of amides is 1. The highest BCUT2D eigenvalue weighted by Gasteiger charge is 2.07. The minimum Gasteiger partial charge on any atom is -0.462 e. The molecule has 0 atom stereocenters. The van der Waals surface area contributed by atoms with E-state index in [0.717, 1.165) is 11.1 Å². The summed E-state index contributed by atoms with van der Waals surface area (Å²) in [5, 5.41) is 2.85. The molecule has 1 aromatic carbocycles. The number of esters is 1. The number of carbonyl (C=O) groups excluding carboxylic acids is 2. The summed E-state index contributed by atoms with van der Waals surface area (Å²) in [5.41, 5.74) is 2.34. The summed E-state index contributed by atoms with van der Waals surface area (Å²) in [5.74, 6) is -0.420. The number of benzene rings is 1. The van der Waals surface area contributed by atoms with Crippen molar-refractivity contribution in [1.29, 1.82) is 0 Å². The van der Waals surface area contributed by atoms with Crippen molar-refractivity contribution in [2.45, 2.75) is 19.9 Å². The number of pyridine rings is 1. The lowest BCUT2D eigenvalue weighted by atomic mass is 10.1. The molecule has 5 heteroatoms. The second-order valence-electron chi connectivity index (χ2n) is 4.73. The third-order valence-electron chi connectivity index (χ3n) is 3.07. The third kappa shape index (κ3) is 4.70. The molecule has 0 aliphatic carbocycles. The SMILES string of the molecule is CCOC(=O)c1ccc(CC(=O)NCc2ccncc2)cc1. The third-order valence-corrected chi connectivity index (χ3v) is 3.07. The summed E-state index contributed by atoms with van der Waals surface area (Å²) >= 11 is 0. The maximum Gasteiger partial charge on any atom is 0.338 e. The van der Waals surface area contributed by atoms with Crippen molar-refractivity contribution in [3.8, 4) is 0 Å². The normalized spacial score (nSPS) is 10.0. The van der Waals surface area contributed by atoms with Gasteiger partial charge in [0, 0.05) is 18.9 Å². The molecule has 1 aromatic heterocycles. The lowest BCUT2D eigenvalue weighted by molar-refractivity contribution is -0.120. The summed E-state index contributed by atoms with van der Waals surface area (Å²) in [7, 11) is 0. The van der Waals surface area contributed by atoms with Crippen LogP contribution in [0.1, 0.15) is 28.4 Å². The summed E-state index contributed by atoms with van der Waals surface area (Å²) in [6.07, 6.45) is 3.65. The van der Waals surface area contributed by atoms with Crippen LogP contribution in [0.4, 0.5) is 0 Å². The maximum atomic E-state index is 11.9. The van der Waals surface area contributed by atoms with Crippen molar-refractivity contribution in [2.75, 3.05) is 6.61 Å². The zero-order chi connectivity index (χ0) is 15.8. The Kier molecular flexibility index (Phi) is 5.65. The smallest absolute Gasteiger partial charge is 0.338 e. The van der Waals surface area contributed by atoms with Gasteiger partial charge in [0.25, 0.3) is 0 Å². The average molecular weight is 298 g/mol. The number of ether oxygens (including phenoxy) is 1. The van der Waals surface area contributed by atoms with Crippen LogP contribution in [0.2, 0.25) is 0 Å². The molecule has 0 spiro atoms. The highest BCUT2D eigenvalue weighted by Crippen LogP contribution is 2.07. The Morgan fingerprint density at radius 2 is 1.73 bits per heavy atom. The topological polar surface area (TPSA) is 68.3 Å². The molecule has 1 heterocycles. The summed E-state index contributed by atoms with van der Waals surface area (Å²) in [4.78, 5) is 27.3. The van der Waals surface area contributed by atoms with Crippen molar-refractivity contribution in [3.63, 3.8) is 0 Å². The molecule has 0 radical (unpaired) electrons. The number of aromatic nitrogens is 1. The predicted molar refractivity (Wildman–Crippen MR) is 82.2 cm³/mol. The van der Waals surface area contributed by atoms with Gasteiger partial charge >= 0.3 is 5.97 Å². The largest absolute Gasteiger partial charge is 0.462 e. The second kappa shape index (κ2) is 7.93. The van der Waals surface area contributed by atoms with Gasteiger partial charge in [0.05, 0.1) is 18.6 Å². The van der Waals surface area contributed by atoms with E-state index in [-0.39, 0.29) is 18.3 Å². The van der Waals surface area contributed by atoms with Crippen LogP contribution < -0.4 is 5.32 Å². The van der Waals surface area contributed by atoms with Crippen molar-refractivity contribution in [2.24, 2.45) is 0 Å². The number of nitrogens with one attached hydrogen (secondary N) is 1. The number of rotatable bonds is 6. The average Bonchev–Trinajstić information content (AvgIpc) is 2.55. The Balaban J connectivity index is 1.85. The van der Waals surface area contributed by atoms with Gasteiger partial charge in [-0.2, -0.15) is 0 Å². The fourth-order valence-corrected chi connectivity index (χ4v) is 1.92. The van der Waals surface area contributed by atoms with E-state index in [9.17, 15) is 9.59 Å². The van der Waals surface area contributed by atoms with Gasteiger partial charge in [-0.3, -0.25) is 9.78 Å². The monoisotopic (exact) mass is 298 g/mol. The lowest BCUT2D eigenvalue weighted by Crippen LogP contribution is -2.24. The van der Waals surface area contributed by atoms with Crippen LogP contribution in [0.25, 0.3) is 0 Å². The summed E-state index contributed by atoms with van der Waals surface area (Å²) in [6, 6.07) is 10.6. The summed E-state index contributed by atoms with van der Waals surface area (Å²) in [6.45, 7) is 2.58. The Morgan fingerprint density at radius 1 is 1.05 bits per heavy atom. The maximum absolute atomic E-state index is 11.9. The van der Waals surface area contributed by atoms with E-state index in [4.69, 9.17) is 4.74 Å². The lowest BCUT2D eigenvalue weighted by Gasteiger charge is -2.06. The number of nitrogens with zero attached hydrogens (tertiary/aromatic N) is 1. The molecule has 5 nitrogen and oxygen atoms in total. The van der Waals surface area contributed by atoms with Gasteiger partial charge in [0.1, 0.15) is 0 Å². The van der Waals surface area contributed by atoms with E-state index in [1.54, 1.807) is 43.6 Å². The molecule has 114 valence electrons. The first kappa shape index (κ1) is 15.7. The minimum atomic E-state index is -0.351. The zero-order valence-corrected chi connectivity index (χ0v) is 12.4. The van der Waals surface area contributed by atoms with Crippen LogP contribution in [-0.2, 0) is 22.5 Å². The Morgan fingerprint density at radius 3 is 2.36 bits per heavy atom. The number of hydrogen-bond acceptors (Lipinski definition) is 4. The second-order valence-corrected chi connectivity index (χ2v) is 4.73. The highest BCUT2D eigenvalue weighted by molar-refractivity contribution is 5.89. The van der Waals surface area contributed by atoms with Crippen LogP contribution in [0.15, 0.2) is 48.8 Å². The Labute approximate surface area is 129 Å². The Bertz CT molecular complexity index is 624. The van der Waals surface area contributed by atoms with Gasteiger partial charge in [0.2, 0.25) is 5.91 Å². The molecule has 0 saturated carbocycles. The molecule has 0 aliphatic rings. The fraction of sp³-hybridized carbons (Fsp3) is 0.235. The van der Waals surface area contributed by atoms with Crippen molar-refractivity contribution < 1.29 is 14.3 Å².